The van der Waals surface area contributed by atoms with Crippen LogP contribution in [0.3, 0.4) is 0 Å². The Labute approximate surface area is 207 Å². The molecule has 196 valence electrons. The van der Waals surface area contributed by atoms with Crippen LogP contribution < -0.4 is 0 Å². The number of carbonyl (C=O) groups excluding carboxylic acids is 2. The normalized spacial score (nSPS) is 23.1. The Balaban J connectivity index is 1.69. The van der Waals surface area contributed by atoms with Crippen molar-refractivity contribution in [2.24, 2.45) is 17.8 Å². The predicted octanol–water partition coefficient (Wildman–Crippen LogP) is 1.91. The fourth-order valence-electron chi connectivity index (χ4n) is 4.60. The van der Waals surface area contributed by atoms with Crippen LogP contribution in [0.2, 0.25) is 0 Å². The van der Waals surface area contributed by atoms with Crippen LogP contribution in [0.4, 0.5) is 0 Å². The molecule has 1 saturated carbocycles. The van der Waals surface area contributed by atoms with Crippen molar-refractivity contribution in [1.29, 1.82) is 0 Å². The van der Waals surface area contributed by atoms with E-state index in [2.05, 4.69) is 4.74 Å². The summed E-state index contributed by atoms with van der Waals surface area (Å²) in [6.45, 7) is -1.17. The molecule has 5 N–H and O–H groups in total. The van der Waals surface area contributed by atoms with Crippen LogP contribution in [0.25, 0.3) is 0 Å². The first kappa shape index (κ1) is 29.1. The minimum atomic E-state index is -1.11. The molecule has 0 bridgehead atoms. The van der Waals surface area contributed by atoms with Gasteiger partial charge in [-0.25, -0.2) is 0 Å². The van der Waals surface area contributed by atoms with Crippen molar-refractivity contribution in [2.45, 2.75) is 76.1 Å². The third kappa shape index (κ3) is 10.2. The second-order valence-electron chi connectivity index (χ2n) is 9.41. The largest absolute Gasteiger partial charge is 0.395 e. The van der Waals surface area contributed by atoms with E-state index in [-0.39, 0.29) is 18.3 Å². The molecule has 5 atom stereocenters. The summed E-state index contributed by atoms with van der Waals surface area (Å²) >= 11 is 0. The summed E-state index contributed by atoms with van der Waals surface area (Å²) in [6.07, 6.45) is 6.94. The highest BCUT2D eigenvalue weighted by atomic mass is 16.6. The lowest BCUT2D eigenvalue weighted by molar-refractivity contribution is -0.164. The van der Waals surface area contributed by atoms with E-state index >= 15 is 0 Å². The molecule has 1 aliphatic rings. The molecule has 2 rings (SSSR count). The summed E-state index contributed by atoms with van der Waals surface area (Å²) < 4.78 is 4.61. The molecule has 0 saturated heterocycles. The predicted molar refractivity (Wildman–Crippen MR) is 130 cm³/mol. The van der Waals surface area contributed by atoms with Gasteiger partial charge in [0.1, 0.15) is 5.92 Å². The number of aliphatic hydroxyl groups excluding tert-OH is 5. The van der Waals surface area contributed by atoms with E-state index in [9.17, 15) is 24.9 Å². The number of hydrogen-bond donors (Lipinski definition) is 5. The Morgan fingerprint density at radius 2 is 1.69 bits per heavy atom. The number of hydrogen-bond acceptors (Lipinski definition) is 8. The van der Waals surface area contributed by atoms with Crippen molar-refractivity contribution < 1.29 is 39.9 Å². The number of esters is 2. The molecule has 0 heterocycles. The summed E-state index contributed by atoms with van der Waals surface area (Å²) in [5, 5.41) is 49.1. The zero-order chi connectivity index (χ0) is 25.6. The molecule has 1 aromatic rings. The average Bonchev–Trinajstić information content (AvgIpc) is 3.11. The van der Waals surface area contributed by atoms with Gasteiger partial charge in [0, 0.05) is 6.42 Å². The molecule has 8 heteroatoms. The maximum absolute atomic E-state index is 11.7. The number of rotatable bonds is 15. The zero-order valence-corrected chi connectivity index (χ0v) is 20.2. The van der Waals surface area contributed by atoms with E-state index in [0.29, 0.717) is 44.9 Å². The van der Waals surface area contributed by atoms with Crippen molar-refractivity contribution in [3.05, 3.63) is 48.0 Å². The molecule has 0 spiro atoms. The molecule has 1 aromatic carbocycles. The van der Waals surface area contributed by atoms with Gasteiger partial charge in [0.25, 0.3) is 0 Å². The highest BCUT2D eigenvalue weighted by molar-refractivity contribution is 5.86. The topological polar surface area (TPSA) is 145 Å². The molecule has 8 nitrogen and oxygen atoms in total. The SMILES string of the molecule is O=C(CCC/C=C\C[C@@H]1[C@@H](CC[C@@H](O)CCc2ccccc2)[C@H](O)C[C@@H]1O)OC(=O)C(CO)CO. The quantitative estimate of drug-likeness (QED) is 0.108. The molecule has 0 radical (unpaired) electrons. The van der Waals surface area contributed by atoms with Gasteiger partial charge in [-0.3, -0.25) is 9.59 Å². The molecule has 0 aromatic heterocycles. The molecule has 1 fully saturated rings. The fourth-order valence-corrected chi connectivity index (χ4v) is 4.60. The van der Waals surface area contributed by atoms with Gasteiger partial charge in [0.05, 0.1) is 31.5 Å². The van der Waals surface area contributed by atoms with Crippen LogP contribution in [-0.4, -0.2) is 69.0 Å². The summed E-state index contributed by atoms with van der Waals surface area (Å²) in [4.78, 5) is 23.2. The van der Waals surface area contributed by atoms with Crippen molar-refractivity contribution in [3.8, 4) is 0 Å². The van der Waals surface area contributed by atoms with Crippen molar-refractivity contribution >= 4 is 11.9 Å². The number of carbonyl (C=O) groups is 2. The fraction of sp³-hybridized carbons (Fsp3) is 0.630. The van der Waals surface area contributed by atoms with E-state index in [1.807, 2.05) is 42.5 Å². The third-order valence-corrected chi connectivity index (χ3v) is 6.78. The maximum atomic E-state index is 11.7. The first-order valence-corrected chi connectivity index (χ1v) is 12.5. The molecule has 0 aliphatic heterocycles. The van der Waals surface area contributed by atoms with E-state index in [1.54, 1.807) is 0 Å². The Bertz CT molecular complexity index is 777. The lowest BCUT2D eigenvalue weighted by Crippen LogP contribution is -2.26. The second kappa shape index (κ2) is 15.8. The van der Waals surface area contributed by atoms with Crippen LogP contribution >= 0.6 is 0 Å². The minimum Gasteiger partial charge on any atom is -0.395 e. The highest BCUT2D eigenvalue weighted by Gasteiger charge is 2.40. The number of aliphatic hydroxyl groups is 5. The van der Waals surface area contributed by atoms with Crippen molar-refractivity contribution in [1.82, 2.24) is 0 Å². The first-order valence-electron chi connectivity index (χ1n) is 12.5. The smallest absolute Gasteiger partial charge is 0.321 e. The Morgan fingerprint density at radius 1 is 1.00 bits per heavy atom. The number of allylic oxidation sites excluding steroid dienone is 2. The van der Waals surface area contributed by atoms with Crippen LogP contribution in [0.5, 0.6) is 0 Å². The van der Waals surface area contributed by atoms with Crippen molar-refractivity contribution in [2.75, 3.05) is 13.2 Å². The maximum Gasteiger partial charge on any atom is 0.321 e. The van der Waals surface area contributed by atoms with E-state index in [0.717, 1.165) is 6.42 Å². The van der Waals surface area contributed by atoms with Crippen LogP contribution in [0, 0.1) is 17.8 Å². The summed E-state index contributed by atoms with van der Waals surface area (Å²) in [5.74, 6) is -2.90. The number of aryl methyl sites for hydroxylation is 1. The standard InChI is InChI=1S/C27H40O8/c28-17-20(18-29)27(34)35-26(33)11-7-2-1-6-10-22-23(25(32)16-24(22)31)15-14-21(30)13-12-19-8-4-3-5-9-19/h1,3-6,8-9,20-25,28-32H,2,7,10-18H2/b6-1-/t21-,22+,23+,24-,25+/m0/s1. The van der Waals surface area contributed by atoms with Gasteiger partial charge in [-0.1, -0.05) is 42.5 Å². The number of unbranched alkanes of at least 4 members (excludes halogenated alkanes) is 1. The van der Waals surface area contributed by atoms with E-state index in [1.165, 1.54) is 5.56 Å². The number of benzene rings is 1. The van der Waals surface area contributed by atoms with Crippen molar-refractivity contribution in [3.63, 3.8) is 0 Å². The van der Waals surface area contributed by atoms with Gasteiger partial charge in [-0.2, -0.15) is 0 Å². The van der Waals surface area contributed by atoms with Gasteiger partial charge in [0.15, 0.2) is 0 Å². The molecule has 1 aliphatic carbocycles. The molecule has 35 heavy (non-hydrogen) atoms. The zero-order valence-electron chi connectivity index (χ0n) is 20.2. The average molecular weight is 493 g/mol. The number of ether oxygens (including phenoxy) is 1. The summed E-state index contributed by atoms with van der Waals surface area (Å²) in [5.41, 5.74) is 1.19. The van der Waals surface area contributed by atoms with Crippen LogP contribution in [0.15, 0.2) is 42.5 Å². The minimum absolute atomic E-state index is 0.0356. The van der Waals surface area contributed by atoms with Gasteiger partial charge >= 0.3 is 11.9 Å². The Kier molecular flexibility index (Phi) is 13.2. The summed E-state index contributed by atoms with van der Waals surface area (Å²) in [6, 6.07) is 10.0. The molecule has 0 unspecified atom stereocenters. The van der Waals surface area contributed by atoms with Crippen LogP contribution in [0.1, 0.15) is 56.9 Å². The monoisotopic (exact) mass is 492 g/mol. The van der Waals surface area contributed by atoms with Gasteiger partial charge < -0.3 is 30.3 Å². The lowest BCUT2D eigenvalue weighted by Gasteiger charge is -2.23. The first-order chi connectivity index (χ1) is 16.8. The third-order valence-electron chi connectivity index (χ3n) is 6.78. The highest BCUT2D eigenvalue weighted by Crippen LogP contribution is 2.38. The molecule has 0 amide bonds. The van der Waals surface area contributed by atoms with E-state index < -0.39 is 49.4 Å². The Hall–Kier alpha value is -2.10. The van der Waals surface area contributed by atoms with Crippen LogP contribution in [-0.2, 0) is 20.7 Å². The summed E-state index contributed by atoms with van der Waals surface area (Å²) in [7, 11) is 0. The second-order valence-corrected chi connectivity index (χ2v) is 9.41. The lowest BCUT2D eigenvalue weighted by atomic mass is 9.85. The molecular weight excluding hydrogens is 452 g/mol. The van der Waals surface area contributed by atoms with Gasteiger partial charge in [-0.15, -0.1) is 0 Å². The Morgan fingerprint density at radius 3 is 2.37 bits per heavy atom. The van der Waals surface area contributed by atoms with E-state index in [4.69, 9.17) is 10.2 Å². The van der Waals surface area contributed by atoms with Gasteiger partial charge in [0.2, 0.25) is 0 Å². The van der Waals surface area contributed by atoms with Gasteiger partial charge in [-0.05, 0) is 68.8 Å². The molecular formula is C27H40O8.